The predicted octanol–water partition coefficient (Wildman–Crippen LogP) is 3.48. The fraction of sp³-hybridized carbons (Fsp3) is 0.524. The highest BCUT2D eigenvalue weighted by molar-refractivity contribution is 5.74. The highest BCUT2D eigenvalue weighted by Crippen LogP contribution is 2.34. The normalized spacial score (nSPS) is 17.3. The minimum absolute atomic E-state index is 0.0499. The standard InChI is InChI=1S/C21H30N4O2/c1-15-19(16(2)24-23-15)17(3)25(4)20(26)22-14-21(10-12-27-13-11-21)18-8-6-5-7-9-18/h5-9,17H,10-14H2,1-4H3,(H,22,26)(H,23,24)/t17-/m1/s1. The van der Waals surface area contributed by atoms with E-state index >= 15 is 0 Å². The number of urea groups is 1. The molecule has 2 heterocycles. The molecule has 6 heteroatoms. The van der Waals surface area contributed by atoms with Crippen LogP contribution in [0.5, 0.6) is 0 Å². The molecule has 2 aromatic rings. The van der Waals surface area contributed by atoms with Crippen molar-refractivity contribution >= 4 is 6.03 Å². The summed E-state index contributed by atoms with van der Waals surface area (Å²) in [6.07, 6.45) is 1.83. The Bertz CT molecular complexity index is 746. The van der Waals surface area contributed by atoms with E-state index in [2.05, 4.69) is 39.8 Å². The maximum Gasteiger partial charge on any atom is 0.317 e. The number of aryl methyl sites for hydroxylation is 2. The van der Waals surface area contributed by atoms with Crippen LogP contribution in [0, 0.1) is 13.8 Å². The molecular weight excluding hydrogens is 340 g/mol. The number of rotatable bonds is 5. The number of aromatic nitrogens is 2. The molecule has 0 radical (unpaired) electrons. The van der Waals surface area contributed by atoms with Crippen LogP contribution >= 0.6 is 0 Å². The zero-order chi connectivity index (χ0) is 19.4. The fourth-order valence-electron chi connectivity index (χ4n) is 4.04. The Balaban J connectivity index is 1.71. The summed E-state index contributed by atoms with van der Waals surface area (Å²) in [6.45, 7) is 8.05. The molecule has 27 heavy (non-hydrogen) atoms. The van der Waals surface area contributed by atoms with E-state index in [1.54, 1.807) is 4.90 Å². The zero-order valence-corrected chi connectivity index (χ0v) is 16.7. The van der Waals surface area contributed by atoms with Gasteiger partial charge in [-0.15, -0.1) is 0 Å². The lowest BCUT2D eigenvalue weighted by Gasteiger charge is -2.38. The monoisotopic (exact) mass is 370 g/mol. The van der Waals surface area contributed by atoms with Crippen LogP contribution in [0.3, 0.4) is 0 Å². The maximum atomic E-state index is 12.9. The molecule has 1 aromatic carbocycles. The summed E-state index contributed by atoms with van der Waals surface area (Å²) in [6, 6.07) is 10.3. The lowest BCUT2D eigenvalue weighted by Crippen LogP contribution is -2.48. The second kappa shape index (κ2) is 8.13. The Morgan fingerprint density at radius 1 is 1.30 bits per heavy atom. The maximum absolute atomic E-state index is 12.9. The van der Waals surface area contributed by atoms with Gasteiger partial charge in [-0.25, -0.2) is 4.79 Å². The molecule has 2 N–H and O–H groups in total. The topological polar surface area (TPSA) is 70.2 Å². The van der Waals surface area contributed by atoms with Gasteiger partial charge in [0.1, 0.15) is 0 Å². The molecule has 1 atom stereocenters. The van der Waals surface area contributed by atoms with Gasteiger partial charge in [-0.3, -0.25) is 5.10 Å². The lowest BCUT2D eigenvalue weighted by atomic mass is 9.74. The first-order valence-corrected chi connectivity index (χ1v) is 9.60. The number of hydrogen-bond acceptors (Lipinski definition) is 3. The van der Waals surface area contributed by atoms with Crippen molar-refractivity contribution in [2.45, 2.75) is 45.1 Å². The first-order chi connectivity index (χ1) is 12.9. The summed E-state index contributed by atoms with van der Waals surface area (Å²) in [5, 5.41) is 10.4. The lowest BCUT2D eigenvalue weighted by molar-refractivity contribution is 0.0501. The molecule has 0 saturated carbocycles. The van der Waals surface area contributed by atoms with Crippen molar-refractivity contribution in [2.75, 3.05) is 26.8 Å². The number of benzene rings is 1. The van der Waals surface area contributed by atoms with E-state index in [9.17, 15) is 4.79 Å². The SMILES string of the molecule is Cc1n[nH]c(C)c1[C@@H](C)N(C)C(=O)NCC1(c2ccccc2)CCOCC1. The third-order valence-corrected chi connectivity index (χ3v) is 5.92. The van der Waals surface area contributed by atoms with Crippen molar-refractivity contribution in [2.24, 2.45) is 0 Å². The largest absolute Gasteiger partial charge is 0.381 e. The Morgan fingerprint density at radius 3 is 2.56 bits per heavy atom. The molecule has 1 fully saturated rings. The summed E-state index contributed by atoms with van der Waals surface area (Å²) in [5.74, 6) is 0. The van der Waals surface area contributed by atoms with Crippen molar-refractivity contribution in [1.82, 2.24) is 20.4 Å². The summed E-state index contributed by atoms with van der Waals surface area (Å²) < 4.78 is 5.58. The van der Waals surface area contributed by atoms with E-state index in [1.807, 2.05) is 33.9 Å². The molecule has 1 aliphatic rings. The first kappa shape index (κ1) is 19.4. The fourth-order valence-corrected chi connectivity index (χ4v) is 4.04. The molecule has 1 aromatic heterocycles. The van der Waals surface area contributed by atoms with Crippen molar-refractivity contribution in [3.63, 3.8) is 0 Å². The van der Waals surface area contributed by atoms with Crippen molar-refractivity contribution in [3.8, 4) is 0 Å². The number of carbonyl (C=O) groups excluding carboxylic acids is 1. The van der Waals surface area contributed by atoms with Gasteiger partial charge in [-0.1, -0.05) is 30.3 Å². The Kier molecular flexibility index (Phi) is 5.85. The van der Waals surface area contributed by atoms with Crippen molar-refractivity contribution in [1.29, 1.82) is 0 Å². The highest BCUT2D eigenvalue weighted by Gasteiger charge is 2.35. The smallest absolute Gasteiger partial charge is 0.317 e. The van der Waals surface area contributed by atoms with Gasteiger partial charge in [0.2, 0.25) is 0 Å². The molecule has 1 saturated heterocycles. The highest BCUT2D eigenvalue weighted by atomic mass is 16.5. The summed E-state index contributed by atoms with van der Waals surface area (Å²) >= 11 is 0. The van der Waals surface area contributed by atoms with Crippen LogP contribution < -0.4 is 5.32 Å². The number of carbonyl (C=O) groups is 1. The van der Waals surface area contributed by atoms with Gasteiger partial charge >= 0.3 is 6.03 Å². The van der Waals surface area contributed by atoms with Crippen LogP contribution in [-0.4, -0.2) is 47.9 Å². The van der Waals surface area contributed by atoms with Gasteiger partial charge in [-0.2, -0.15) is 5.10 Å². The van der Waals surface area contributed by atoms with Crippen LogP contribution in [0.25, 0.3) is 0 Å². The predicted molar refractivity (Wildman–Crippen MR) is 106 cm³/mol. The average molecular weight is 370 g/mol. The summed E-state index contributed by atoms with van der Waals surface area (Å²) in [4.78, 5) is 14.6. The summed E-state index contributed by atoms with van der Waals surface area (Å²) in [7, 11) is 1.84. The van der Waals surface area contributed by atoms with Gasteiger partial charge in [0, 0.05) is 43.5 Å². The number of H-pyrrole nitrogens is 1. The van der Waals surface area contributed by atoms with Gasteiger partial charge in [0.15, 0.2) is 0 Å². The van der Waals surface area contributed by atoms with Crippen LogP contribution in [0.15, 0.2) is 30.3 Å². The molecule has 0 bridgehead atoms. The van der Waals surface area contributed by atoms with E-state index in [-0.39, 0.29) is 17.5 Å². The van der Waals surface area contributed by atoms with Crippen LogP contribution in [0.2, 0.25) is 0 Å². The molecule has 146 valence electrons. The summed E-state index contributed by atoms with van der Waals surface area (Å²) in [5.41, 5.74) is 4.22. The van der Waals surface area contributed by atoms with Crippen LogP contribution in [0.1, 0.15) is 48.3 Å². The first-order valence-electron chi connectivity index (χ1n) is 9.60. The van der Waals surface area contributed by atoms with Gasteiger partial charge in [0.25, 0.3) is 0 Å². The molecule has 2 amide bonds. The molecule has 6 nitrogen and oxygen atoms in total. The van der Waals surface area contributed by atoms with Crippen molar-refractivity contribution < 1.29 is 9.53 Å². The second-order valence-electron chi connectivity index (χ2n) is 7.55. The zero-order valence-electron chi connectivity index (χ0n) is 16.7. The third kappa shape index (κ3) is 4.00. The van der Waals surface area contributed by atoms with E-state index in [0.717, 1.165) is 43.0 Å². The Hall–Kier alpha value is -2.34. The van der Waals surface area contributed by atoms with Gasteiger partial charge in [-0.05, 0) is 39.2 Å². The number of amides is 2. The Morgan fingerprint density at radius 2 is 1.96 bits per heavy atom. The molecular formula is C21H30N4O2. The number of nitrogens with one attached hydrogen (secondary N) is 2. The van der Waals surface area contributed by atoms with E-state index < -0.39 is 0 Å². The molecule has 0 unspecified atom stereocenters. The quantitative estimate of drug-likeness (QED) is 0.846. The van der Waals surface area contributed by atoms with E-state index in [0.29, 0.717) is 6.54 Å². The number of aromatic amines is 1. The minimum Gasteiger partial charge on any atom is -0.381 e. The van der Waals surface area contributed by atoms with Gasteiger partial charge < -0.3 is 15.0 Å². The molecule has 3 rings (SSSR count). The molecule has 0 aliphatic carbocycles. The van der Waals surface area contributed by atoms with Gasteiger partial charge in [0.05, 0.1) is 11.7 Å². The van der Waals surface area contributed by atoms with Crippen LogP contribution in [0.4, 0.5) is 4.79 Å². The average Bonchev–Trinajstić information content (AvgIpc) is 3.04. The number of nitrogens with zero attached hydrogens (tertiary/aromatic N) is 2. The van der Waals surface area contributed by atoms with Crippen LogP contribution in [-0.2, 0) is 10.2 Å². The number of hydrogen-bond donors (Lipinski definition) is 2. The minimum atomic E-state index is -0.0687. The number of ether oxygens (including phenoxy) is 1. The van der Waals surface area contributed by atoms with Crippen molar-refractivity contribution in [3.05, 3.63) is 52.8 Å². The van der Waals surface area contributed by atoms with E-state index in [1.165, 1.54) is 5.56 Å². The molecule has 0 spiro atoms. The molecule has 1 aliphatic heterocycles. The third-order valence-electron chi connectivity index (χ3n) is 5.92. The second-order valence-corrected chi connectivity index (χ2v) is 7.55. The Labute approximate surface area is 161 Å². The van der Waals surface area contributed by atoms with E-state index in [4.69, 9.17) is 4.74 Å².